The third-order valence-corrected chi connectivity index (χ3v) is 2.86. The van der Waals surface area contributed by atoms with Crippen LogP contribution in [-0.2, 0) is 0 Å². The Bertz CT molecular complexity index is 604. The fourth-order valence-corrected chi connectivity index (χ4v) is 2.07. The van der Waals surface area contributed by atoms with Crippen molar-refractivity contribution in [3.63, 3.8) is 0 Å². The van der Waals surface area contributed by atoms with Crippen molar-refractivity contribution in [2.75, 3.05) is 11.5 Å². The summed E-state index contributed by atoms with van der Waals surface area (Å²) >= 11 is 0. The molecule has 1 aliphatic rings. The van der Waals surface area contributed by atoms with Gasteiger partial charge in [-0.25, -0.2) is 4.98 Å². The number of hydrogen-bond donors (Lipinski definition) is 3. The third-order valence-electron chi connectivity index (χ3n) is 2.86. The number of aliphatic hydroxyl groups excluding tert-OH is 1. The van der Waals surface area contributed by atoms with Gasteiger partial charge in [0.25, 0.3) is 0 Å². The molecule has 2 atom stereocenters. The highest BCUT2D eigenvalue weighted by molar-refractivity contribution is 5.82. The highest BCUT2D eigenvalue weighted by Gasteiger charge is 2.21. The summed E-state index contributed by atoms with van der Waals surface area (Å²) in [6.45, 7) is 0. The van der Waals surface area contributed by atoms with Crippen molar-refractivity contribution in [1.82, 2.24) is 19.5 Å². The van der Waals surface area contributed by atoms with E-state index in [-0.39, 0.29) is 17.8 Å². The van der Waals surface area contributed by atoms with Crippen LogP contribution in [0.25, 0.3) is 11.2 Å². The maximum Gasteiger partial charge on any atom is 0.224 e. The summed E-state index contributed by atoms with van der Waals surface area (Å²) in [6.07, 6.45) is 5.50. The summed E-state index contributed by atoms with van der Waals surface area (Å²) in [5.74, 6) is 0.396. The molecule has 2 aromatic rings. The Morgan fingerprint density at radius 1 is 1.29 bits per heavy atom. The van der Waals surface area contributed by atoms with Gasteiger partial charge in [0.2, 0.25) is 5.95 Å². The molecule has 0 saturated carbocycles. The van der Waals surface area contributed by atoms with Crippen LogP contribution < -0.4 is 11.5 Å². The van der Waals surface area contributed by atoms with E-state index in [1.54, 1.807) is 12.4 Å². The monoisotopic (exact) mass is 232 g/mol. The quantitative estimate of drug-likeness (QED) is 0.589. The predicted molar refractivity (Wildman–Crippen MR) is 62.9 cm³/mol. The van der Waals surface area contributed by atoms with Crippen LogP contribution in [-0.4, -0.2) is 30.7 Å². The highest BCUT2D eigenvalue weighted by atomic mass is 16.3. The maximum atomic E-state index is 9.48. The van der Waals surface area contributed by atoms with Crippen LogP contribution >= 0.6 is 0 Å². The molecule has 0 bridgehead atoms. The zero-order valence-corrected chi connectivity index (χ0v) is 8.98. The van der Waals surface area contributed by atoms with Gasteiger partial charge in [0.1, 0.15) is 5.52 Å². The molecule has 0 aromatic carbocycles. The number of nitrogen functional groups attached to an aromatic ring is 2. The normalized spacial score (nSPS) is 23.6. The largest absolute Gasteiger partial charge is 0.389 e. The Hall–Kier alpha value is -2.15. The van der Waals surface area contributed by atoms with Crippen LogP contribution in [0.1, 0.15) is 12.5 Å². The smallest absolute Gasteiger partial charge is 0.224 e. The average Bonchev–Trinajstić information content (AvgIpc) is 2.83. The van der Waals surface area contributed by atoms with Crippen LogP contribution in [0.4, 0.5) is 11.8 Å². The Morgan fingerprint density at radius 3 is 2.82 bits per heavy atom. The molecule has 0 aliphatic heterocycles. The number of rotatable bonds is 1. The molecule has 0 amide bonds. The van der Waals surface area contributed by atoms with Gasteiger partial charge >= 0.3 is 0 Å². The molecule has 0 fully saturated rings. The summed E-state index contributed by atoms with van der Waals surface area (Å²) in [5, 5.41) is 9.48. The summed E-state index contributed by atoms with van der Waals surface area (Å²) in [7, 11) is 0. The van der Waals surface area contributed by atoms with Gasteiger partial charge in [0, 0.05) is 6.42 Å². The van der Waals surface area contributed by atoms with Crippen LogP contribution in [0, 0.1) is 0 Å². The lowest BCUT2D eigenvalue weighted by molar-refractivity contribution is 0.211. The van der Waals surface area contributed by atoms with Crippen LogP contribution in [0.5, 0.6) is 0 Å². The Labute approximate surface area is 96.8 Å². The van der Waals surface area contributed by atoms with E-state index < -0.39 is 6.10 Å². The minimum atomic E-state index is -0.422. The van der Waals surface area contributed by atoms with E-state index >= 15 is 0 Å². The first-order chi connectivity index (χ1) is 8.15. The Balaban J connectivity index is 2.15. The summed E-state index contributed by atoms with van der Waals surface area (Å²) in [4.78, 5) is 12.2. The summed E-state index contributed by atoms with van der Waals surface area (Å²) in [6, 6.07) is 0.0312. The molecule has 1 aliphatic carbocycles. The fraction of sp³-hybridized carbons (Fsp3) is 0.300. The topological polar surface area (TPSA) is 116 Å². The van der Waals surface area contributed by atoms with E-state index in [4.69, 9.17) is 11.5 Å². The van der Waals surface area contributed by atoms with E-state index in [1.165, 1.54) is 0 Å². The first-order valence-electron chi connectivity index (χ1n) is 5.27. The molecule has 7 nitrogen and oxygen atoms in total. The minimum absolute atomic E-state index is 0.0312. The molecule has 0 unspecified atom stereocenters. The zero-order chi connectivity index (χ0) is 12.0. The van der Waals surface area contributed by atoms with Crippen molar-refractivity contribution in [2.24, 2.45) is 0 Å². The predicted octanol–water partition coefficient (Wildman–Crippen LogP) is -0.147. The van der Waals surface area contributed by atoms with Crippen molar-refractivity contribution >= 4 is 22.9 Å². The van der Waals surface area contributed by atoms with Gasteiger partial charge in [-0.15, -0.1) is 0 Å². The number of aromatic nitrogens is 4. The molecule has 2 aromatic heterocycles. The van der Waals surface area contributed by atoms with E-state index in [0.717, 1.165) is 0 Å². The van der Waals surface area contributed by atoms with Crippen molar-refractivity contribution in [1.29, 1.82) is 0 Å². The molecular weight excluding hydrogens is 220 g/mol. The molecule has 0 radical (unpaired) electrons. The number of anilines is 2. The van der Waals surface area contributed by atoms with Crippen molar-refractivity contribution in [3.8, 4) is 0 Å². The van der Waals surface area contributed by atoms with Gasteiger partial charge in [-0.3, -0.25) is 0 Å². The zero-order valence-electron chi connectivity index (χ0n) is 8.98. The first-order valence-corrected chi connectivity index (χ1v) is 5.27. The van der Waals surface area contributed by atoms with Crippen molar-refractivity contribution in [3.05, 3.63) is 18.5 Å². The second kappa shape index (κ2) is 3.42. The molecule has 88 valence electrons. The van der Waals surface area contributed by atoms with E-state index in [2.05, 4.69) is 15.0 Å². The molecule has 3 rings (SSSR count). The third kappa shape index (κ3) is 1.51. The van der Waals surface area contributed by atoms with E-state index in [9.17, 15) is 5.11 Å². The second-order valence-corrected chi connectivity index (χ2v) is 4.05. The SMILES string of the molecule is Nc1nc(N)c2ncn([C@H]3C=C[C@@H](O)C3)c2n1. The van der Waals surface area contributed by atoms with E-state index in [1.807, 2.05) is 10.6 Å². The molecule has 5 N–H and O–H groups in total. The average molecular weight is 232 g/mol. The van der Waals surface area contributed by atoms with E-state index in [0.29, 0.717) is 17.6 Å². The van der Waals surface area contributed by atoms with Gasteiger partial charge in [-0.2, -0.15) is 9.97 Å². The number of imidazole rings is 1. The molecule has 0 saturated heterocycles. The lowest BCUT2D eigenvalue weighted by Gasteiger charge is -2.11. The van der Waals surface area contributed by atoms with Gasteiger partial charge in [-0.05, 0) is 0 Å². The van der Waals surface area contributed by atoms with Crippen LogP contribution in [0.15, 0.2) is 18.5 Å². The molecule has 2 heterocycles. The second-order valence-electron chi connectivity index (χ2n) is 4.05. The van der Waals surface area contributed by atoms with Gasteiger partial charge < -0.3 is 21.1 Å². The number of allylic oxidation sites excluding steroid dienone is 1. The van der Waals surface area contributed by atoms with Gasteiger partial charge in [0.05, 0.1) is 18.5 Å². The Kier molecular flexibility index (Phi) is 2.02. The number of nitrogens with zero attached hydrogens (tertiary/aromatic N) is 4. The molecule has 17 heavy (non-hydrogen) atoms. The first kappa shape index (κ1) is 10.0. The molecule has 7 heteroatoms. The number of fused-ring (bicyclic) bond motifs is 1. The summed E-state index contributed by atoms with van der Waals surface area (Å²) < 4.78 is 1.84. The fourth-order valence-electron chi connectivity index (χ4n) is 2.07. The van der Waals surface area contributed by atoms with Crippen LogP contribution in [0.2, 0.25) is 0 Å². The van der Waals surface area contributed by atoms with Gasteiger partial charge in [-0.1, -0.05) is 12.2 Å². The standard InChI is InChI=1S/C10H12N6O/c11-8-7-9(15-10(12)14-8)16(4-13-7)5-1-2-6(17)3-5/h1-2,4-6,17H,3H2,(H4,11,12,14,15)/t5-,6+/m0/s1. The maximum absolute atomic E-state index is 9.48. The van der Waals surface area contributed by atoms with Crippen molar-refractivity contribution in [2.45, 2.75) is 18.6 Å². The molecule has 0 spiro atoms. The van der Waals surface area contributed by atoms with Gasteiger partial charge in [0.15, 0.2) is 11.5 Å². The summed E-state index contributed by atoms with van der Waals surface area (Å²) in [5.41, 5.74) is 12.4. The number of nitrogens with two attached hydrogens (primary N) is 2. The lowest BCUT2D eigenvalue weighted by Crippen LogP contribution is -2.09. The van der Waals surface area contributed by atoms with Crippen LogP contribution in [0.3, 0.4) is 0 Å². The lowest BCUT2D eigenvalue weighted by atomic mass is 10.2. The Morgan fingerprint density at radius 2 is 2.12 bits per heavy atom. The highest BCUT2D eigenvalue weighted by Crippen LogP contribution is 2.27. The molecular formula is C10H12N6O. The number of aliphatic hydroxyl groups is 1. The van der Waals surface area contributed by atoms with Crippen molar-refractivity contribution < 1.29 is 5.11 Å². The minimum Gasteiger partial charge on any atom is -0.389 e. The number of hydrogen-bond acceptors (Lipinski definition) is 6.